The minimum Gasteiger partial charge on any atom is -0.497 e. The molecular formula is C27H36N2O4. The minimum absolute atomic E-state index is 0.0598. The molecule has 6 nitrogen and oxygen atoms in total. The van der Waals surface area contributed by atoms with Crippen molar-refractivity contribution in [3.63, 3.8) is 0 Å². The van der Waals surface area contributed by atoms with Crippen LogP contribution >= 0.6 is 0 Å². The van der Waals surface area contributed by atoms with Crippen molar-refractivity contribution in [1.82, 2.24) is 10.2 Å². The summed E-state index contributed by atoms with van der Waals surface area (Å²) in [5.74, 6) is 1.34. The molecule has 2 aromatic carbocycles. The second-order valence-electron chi connectivity index (χ2n) is 8.67. The Balaban J connectivity index is 1.81. The topological polar surface area (TPSA) is 67.9 Å². The quantitative estimate of drug-likeness (QED) is 0.576. The van der Waals surface area contributed by atoms with Gasteiger partial charge in [0.1, 0.15) is 17.5 Å². The van der Waals surface area contributed by atoms with E-state index in [2.05, 4.69) is 5.32 Å². The molecule has 0 spiro atoms. The first-order valence-electron chi connectivity index (χ1n) is 11.9. The van der Waals surface area contributed by atoms with Crippen molar-refractivity contribution in [3.05, 3.63) is 59.7 Å². The Morgan fingerprint density at radius 3 is 2.30 bits per heavy atom. The number of ether oxygens (including phenoxy) is 2. The van der Waals surface area contributed by atoms with Crippen LogP contribution in [0.3, 0.4) is 0 Å². The Hall–Kier alpha value is -3.02. The number of nitrogens with zero attached hydrogens (tertiary/aromatic N) is 1. The first-order valence-corrected chi connectivity index (χ1v) is 11.9. The summed E-state index contributed by atoms with van der Waals surface area (Å²) < 4.78 is 10.6. The van der Waals surface area contributed by atoms with Crippen molar-refractivity contribution in [3.8, 4) is 11.5 Å². The molecule has 2 amide bonds. The van der Waals surface area contributed by atoms with Gasteiger partial charge in [0.05, 0.1) is 20.6 Å². The van der Waals surface area contributed by atoms with Gasteiger partial charge in [-0.05, 0) is 54.7 Å². The van der Waals surface area contributed by atoms with Gasteiger partial charge in [0, 0.05) is 12.6 Å². The lowest BCUT2D eigenvalue weighted by Gasteiger charge is -2.33. The van der Waals surface area contributed by atoms with Gasteiger partial charge in [0.15, 0.2) is 0 Å². The smallest absolute Gasteiger partial charge is 0.243 e. The van der Waals surface area contributed by atoms with E-state index in [0.29, 0.717) is 13.0 Å². The Morgan fingerprint density at radius 1 is 0.970 bits per heavy atom. The first kappa shape index (κ1) is 24.6. The summed E-state index contributed by atoms with van der Waals surface area (Å²) in [4.78, 5) is 28.5. The molecule has 2 aromatic rings. The van der Waals surface area contributed by atoms with Crippen LogP contribution in [0.1, 0.15) is 56.6 Å². The Morgan fingerprint density at radius 2 is 1.67 bits per heavy atom. The Labute approximate surface area is 197 Å². The third kappa shape index (κ3) is 6.98. The van der Waals surface area contributed by atoms with Crippen LogP contribution in [-0.4, -0.2) is 43.0 Å². The van der Waals surface area contributed by atoms with Crippen LogP contribution in [-0.2, 0) is 22.6 Å². The maximum atomic E-state index is 13.5. The normalized spacial score (nSPS) is 14.9. The highest BCUT2D eigenvalue weighted by atomic mass is 16.5. The fraction of sp³-hybridized carbons (Fsp3) is 0.481. The van der Waals surface area contributed by atoms with Crippen LogP contribution < -0.4 is 14.8 Å². The standard InChI is InChI=1S/C27H36N2O4/c1-4-25(27(31)28-22-10-6-5-7-11-22)29(19-21-9-8-12-24(17-21)33-3)26(30)18-20-13-15-23(32-2)16-14-20/h8-9,12-17,22,25H,4-7,10-11,18-19H2,1-3H3,(H,28,31)/t25-/m0/s1. The predicted molar refractivity (Wildman–Crippen MR) is 129 cm³/mol. The van der Waals surface area contributed by atoms with Crippen LogP contribution in [0.5, 0.6) is 11.5 Å². The van der Waals surface area contributed by atoms with Crippen molar-refractivity contribution in [1.29, 1.82) is 0 Å². The van der Waals surface area contributed by atoms with Crippen LogP contribution in [0, 0.1) is 0 Å². The fourth-order valence-corrected chi connectivity index (χ4v) is 4.45. The Bertz CT molecular complexity index is 907. The number of rotatable bonds is 10. The molecule has 0 unspecified atom stereocenters. The second kappa shape index (κ2) is 12.3. The summed E-state index contributed by atoms with van der Waals surface area (Å²) in [5.41, 5.74) is 1.82. The molecule has 1 aliphatic rings. The van der Waals surface area contributed by atoms with Gasteiger partial charge >= 0.3 is 0 Å². The van der Waals surface area contributed by atoms with Crippen LogP contribution in [0.15, 0.2) is 48.5 Å². The van der Waals surface area contributed by atoms with E-state index in [1.807, 2.05) is 55.5 Å². The molecule has 0 aromatic heterocycles. The zero-order valence-electron chi connectivity index (χ0n) is 20.0. The van der Waals surface area contributed by atoms with E-state index in [1.54, 1.807) is 19.1 Å². The number of nitrogens with one attached hydrogen (secondary N) is 1. The van der Waals surface area contributed by atoms with E-state index in [9.17, 15) is 9.59 Å². The van der Waals surface area contributed by atoms with E-state index in [1.165, 1.54) is 6.42 Å². The molecule has 1 N–H and O–H groups in total. The molecular weight excluding hydrogens is 416 g/mol. The lowest BCUT2D eigenvalue weighted by atomic mass is 9.95. The van der Waals surface area contributed by atoms with Crippen LogP contribution in [0.2, 0.25) is 0 Å². The number of methoxy groups -OCH3 is 2. The van der Waals surface area contributed by atoms with Gasteiger partial charge in [0.2, 0.25) is 11.8 Å². The van der Waals surface area contributed by atoms with Crippen LogP contribution in [0.4, 0.5) is 0 Å². The summed E-state index contributed by atoms with van der Waals surface area (Å²) >= 11 is 0. The molecule has 0 aliphatic heterocycles. The number of carbonyl (C=O) groups is 2. The third-order valence-corrected chi connectivity index (χ3v) is 6.34. The zero-order chi connectivity index (χ0) is 23.6. The van der Waals surface area contributed by atoms with Gasteiger partial charge in [-0.2, -0.15) is 0 Å². The number of hydrogen-bond acceptors (Lipinski definition) is 4. The second-order valence-corrected chi connectivity index (χ2v) is 8.67. The van der Waals surface area contributed by atoms with E-state index < -0.39 is 6.04 Å². The van der Waals surface area contributed by atoms with Crippen molar-refractivity contribution in [2.45, 2.75) is 70.5 Å². The molecule has 1 fully saturated rings. The summed E-state index contributed by atoms with van der Waals surface area (Å²) in [7, 11) is 3.24. The highest BCUT2D eigenvalue weighted by molar-refractivity contribution is 5.88. The largest absolute Gasteiger partial charge is 0.497 e. The molecule has 33 heavy (non-hydrogen) atoms. The minimum atomic E-state index is -0.524. The molecule has 1 saturated carbocycles. The summed E-state index contributed by atoms with van der Waals surface area (Å²) in [6.45, 7) is 2.31. The molecule has 1 atom stereocenters. The van der Waals surface area contributed by atoms with Crippen molar-refractivity contribution in [2.24, 2.45) is 0 Å². The first-order chi connectivity index (χ1) is 16.0. The van der Waals surface area contributed by atoms with E-state index in [0.717, 1.165) is 48.3 Å². The van der Waals surface area contributed by atoms with Gasteiger partial charge in [-0.25, -0.2) is 0 Å². The highest BCUT2D eigenvalue weighted by Gasteiger charge is 2.30. The SMILES string of the molecule is CC[C@@H](C(=O)NC1CCCCC1)N(Cc1cccc(OC)c1)C(=O)Cc1ccc(OC)cc1. The van der Waals surface area contributed by atoms with Crippen molar-refractivity contribution >= 4 is 11.8 Å². The third-order valence-electron chi connectivity index (χ3n) is 6.34. The average Bonchev–Trinajstić information content (AvgIpc) is 2.85. The maximum Gasteiger partial charge on any atom is 0.243 e. The molecule has 0 saturated heterocycles. The van der Waals surface area contributed by atoms with Gasteiger partial charge < -0.3 is 19.7 Å². The van der Waals surface area contributed by atoms with Crippen molar-refractivity contribution in [2.75, 3.05) is 14.2 Å². The monoisotopic (exact) mass is 452 g/mol. The molecule has 1 aliphatic carbocycles. The predicted octanol–water partition coefficient (Wildman–Crippen LogP) is 4.50. The molecule has 0 radical (unpaired) electrons. The van der Waals surface area contributed by atoms with E-state index >= 15 is 0 Å². The highest BCUT2D eigenvalue weighted by Crippen LogP contribution is 2.21. The molecule has 178 valence electrons. The number of amides is 2. The Kier molecular flexibility index (Phi) is 9.16. The van der Waals surface area contributed by atoms with E-state index in [4.69, 9.17) is 9.47 Å². The van der Waals surface area contributed by atoms with E-state index in [-0.39, 0.29) is 24.3 Å². The van der Waals surface area contributed by atoms with Gasteiger partial charge in [-0.15, -0.1) is 0 Å². The number of hydrogen-bond donors (Lipinski definition) is 1. The summed E-state index contributed by atoms with van der Waals surface area (Å²) in [6, 6.07) is 14.8. The number of carbonyl (C=O) groups excluding carboxylic acids is 2. The maximum absolute atomic E-state index is 13.5. The fourth-order valence-electron chi connectivity index (χ4n) is 4.45. The molecule has 3 rings (SSSR count). The summed E-state index contributed by atoms with van der Waals surface area (Å²) in [6.07, 6.45) is 6.32. The zero-order valence-corrected chi connectivity index (χ0v) is 20.0. The molecule has 0 heterocycles. The van der Waals surface area contributed by atoms with Crippen LogP contribution in [0.25, 0.3) is 0 Å². The average molecular weight is 453 g/mol. The molecule has 6 heteroatoms. The lowest BCUT2D eigenvalue weighted by molar-refractivity contribution is -0.141. The lowest BCUT2D eigenvalue weighted by Crippen LogP contribution is -2.51. The summed E-state index contributed by atoms with van der Waals surface area (Å²) in [5, 5.41) is 3.22. The van der Waals surface area contributed by atoms with Gasteiger partial charge in [-0.1, -0.05) is 50.5 Å². The van der Waals surface area contributed by atoms with Crippen molar-refractivity contribution < 1.29 is 19.1 Å². The van der Waals surface area contributed by atoms with Gasteiger partial charge in [0.25, 0.3) is 0 Å². The number of benzene rings is 2. The molecule has 0 bridgehead atoms. The van der Waals surface area contributed by atoms with Gasteiger partial charge in [-0.3, -0.25) is 9.59 Å².